The molecule has 3 saturated carbocycles. The lowest BCUT2D eigenvalue weighted by Crippen LogP contribution is -2.63. The van der Waals surface area contributed by atoms with E-state index >= 15 is 0 Å². The summed E-state index contributed by atoms with van der Waals surface area (Å²) in [5.41, 5.74) is 2.24. The van der Waals surface area contributed by atoms with Gasteiger partial charge in [0.2, 0.25) is 23.5 Å². The van der Waals surface area contributed by atoms with Gasteiger partial charge in [-0.2, -0.15) is 0 Å². The molecule has 6 fully saturated rings. The highest BCUT2D eigenvalue weighted by Crippen LogP contribution is 2.70. The minimum Gasteiger partial charge on any atom is -0.481 e. The number of carbonyl (C=O) groups excluding carboxylic acids is 6. The number of aromatic nitrogens is 4. The fourth-order valence-corrected chi connectivity index (χ4v) is 14.5. The van der Waals surface area contributed by atoms with E-state index in [4.69, 9.17) is 18.9 Å². The number of nitrogens with zero attached hydrogens (tertiary/aromatic N) is 5. The summed E-state index contributed by atoms with van der Waals surface area (Å²) in [6, 6.07) is 20.0. The molecule has 0 bridgehead atoms. The van der Waals surface area contributed by atoms with Crippen molar-refractivity contribution in [1.82, 2.24) is 35.9 Å². The molecular formula is C60H66N8O14. The normalized spacial score (nSPS) is 29.5. The SMILES string of the molecule is C[C@]12C=CC(=O)C=C1CC[C@@H]1[C@@H]2[C@@H](O)C[C@@]2(C)[C@H]1C[C@H]1O[C@@H](c3ccc(CC4CC5(CO4)CN(C(=O)OCc4ccc(NC(=O)[C@H](CCC(=O)O)NC(=O)CNC(=O)Cc6ccc(-c7nncnn7)cc6)cc4)C5)cc3)O[C@]12C(=O)CO. The molecule has 22 nitrogen and oxygen atoms in total. The maximum Gasteiger partial charge on any atom is 0.410 e. The Labute approximate surface area is 472 Å². The maximum absolute atomic E-state index is 14.0. The molecule has 11 atom stereocenters. The highest BCUT2D eigenvalue weighted by Gasteiger charge is 2.76. The zero-order valence-electron chi connectivity index (χ0n) is 45.5. The minimum atomic E-state index is -1.44. The second-order valence-corrected chi connectivity index (χ2v) is 23.6. The van der Waals surface area contributed by atoms with Crippen LogP contribution in [0.25, 0.3) is 11.4 Å². The maximum atomic E-state index is 14.0. The van der Waals surface area contributed by atoms with Crippen LogP contribution in [0.1, 0.15) is 87.3 Å². The molecule has 4 aromatic rings. The summed E-state index contributed by atoms with van der Waals surface area (Å²) in [4.78, 5) is 91.3. The van der Waals surface area contributed by atoms with Gasteiger partial charge in [-0.05, 0) is 97.8 Å². The molecule has 11 rings (SSSR count). The number of hydrogen-bond acceptors (Lipinski definition) is 17. The number of amides is 4. The molecule has 3 saturated heterocycles. The summed E-state index contributed by atoms with van der Waals surface area (Å²) in [6.45, 7) is 4.41. The van der Waals surface area contributed by atoms with Gasteiger partial charge < -0.3 is 55.1 Å². The zero-order chi connectivity index (χ0) is 57.6. The molecule has 3 aromatic carbocycles. The van der Waals surface area contributed by atoms with Crippen molar-refractivity contribution in [2.24, 2.45) is 34.0 Å². The van der Waals surface area contributed by atoms with Gasteiger partial charge in [-0.1, -0.05) is 86.2 Å². The number of fused-ring (bicyclic) bond motifs is 7. The number of nitrogens with one attached hydrogen (secondary N) is 3. The Bertz CT molecular complexity index is 3190. The lowest BCUT2D eigenvalue weighted by Gasteiger charge is -2.59. The Balaban J connectivity index is 0.616. The molecule has 430 valence electrons. The van der Waals surface area contributed by atoms with Crippen molar-refractivity contribution in [2.75, 3.05) is 38.2 Å². The van der Waals surface area contributed by atoms with E-state index in [1.165, 1.54) is 6.33 Å². The van der Waals surface area contributed by atoms with E-state index in [2.05, 4.69) is 43.3 Å². The Kier molecular flexibility index (Phi) is 15.5. The molecule has 6 N–H and O–H groups in total. The summed E-state index contributed by atoms with van der Waals surface area (Å²) >= 11 is 0. The Hall–Kier alpha value is -7.63. The van der Waals surface area contributed by atoms with Crippen molar-refractivity contribution in [3.8, 4) is 11.4 Å². The highest BCUT2D eigenvalue weighted by atomic mass is 16.7. The molecule has 4 heterocycles. The van der Waals surface area contributed by atoms with E-state index in [0.29, 0.717) is 67.2 Å². The fourth-order valence-electron chi connectivity index (χ4n) is 14.5. The summed E-state index contributed by atoms with van der Waals surface area (Å²) < 4.78 is 25.4. The van der Waals surface area contributed by atoms with Crippen LogP contribution >= 0.6 is 0 Å². The Morgan fingerprint density at radius 3 is 2.34 bits per heavy atom. The van der Waals surface area contributed by atoms with E-state index < -0.39 is 96.1 Å². The quantitative estimate of drug-likeness (QED) is 0.0815. The largest absolute Gasteiger partial charge is 0.481 e. The molecule has 0 radical (unpaired) electrons. The van der Waals surface area contributed by atoms with Gasteiger partial charge in [0.05, 0.1) is 37.9 Å². The van der Waals surface area contributed by atoms with E-state index in [1.807, 2.05) is 37.3 Å². The van der Waals surface area contributed by atoms with Crippen LogP contribution in [0.4, 0.5) is 10.5 Å². The molecule has 4 amide bonds. The molecule has 1 aromatic heterocycles. The zero-order valence-corrected chi connectivity index (χ0v) is 45.5. The number of aliphatic hydroxyl groups excluding tert-OH is 2. The van der Waals surface area contributed by atoms with Crippen molar-refractivity contribution >= 4 is 47.0 Å². The lowest BCUT2D eigenvalue weighted by atomic mass is 9.46. The fraction of sp³-hybridized carbons (Fsp3) is 0.483. The van der Waals surface area contributed by atoms with Crippen LogP contribution in [-0.2, 0) is 67.2 Å². The number of carboxylic acids is 1. The van der Waals surface area contributed by atoms with Crippen LogP contribution in [0.2, 0.25) is 0 Å². The summed E-state index contributed by atoms with van der Waals surface area (Å²) in [7, 11) is 0. The van der Waals surface area contributed by atoms with Crippen molar-refractivity contribution in [3.63, 3.8) is 0 Å². The van der Waals surface area contributed by atoms with Gasteiger partial charge >= 0.3 is 12.1 Å². The van der Waals surface area contributed by atoms with Gasteiger partial charge in [-0.15, -0.1) is 20.4 Å². The molecule has 4 aliphatic carbocycles. The number of carbonyl (C=O) groups is 7. The first kappa shape index (κ1) is 56.2. The Morgan fingerprint density at radius 2 is 1.62 bits per heavy atom. The smallest absolute Gasteiger partial charge is 0.410 e. The monoisotopic (exact) mass is 1120 g/mol. The average Bonchev–Trinajstić information content (AvgIpc) is 1.52. The predicted octanol–water partition coefficient (Wildman–Crippen LogP) is 4.15. The van der Waals surface area contributed by atoms with Crippen LogP contribution in [0.15, 0.2) is 103 Å². The number of benzene rings is 3. The molecule has 7 aliphatic rings. The molecule has 1 spiro atoms. The molecule has 22 heteroatoms. The molecule has 1 unspecified atom stereocenters. The van der Waals surface area contributed by atoms with Crippen molar-refractivity contribution in [2.45, 2.75) is 114 Å². The average molecular weight is 1120 g/mol. The first-order valence-electron chi connectivity index (χ1n) is 27.9. The van der Waals surface area contributed by atoms with Gasteiger partial charge in [0, 0.05) is 58.5 Å². The van der Waals surface area contributed by atoms with Crippen LogP contribution in [0.3, 0.4) is 0 Å². The molecule has 82 heavy (non-hydrogen) atoms. The number of aliphatic carboxylic acids is 1. The lowest BCUT2D eigenvalue weighted by molar-refractivity contribution is -0.201. The van der Waals surface area contributed by atoms with Gasteiger partial charge in [0.25, 0.3) is 0 Å². The standard InChI is InChI=1S/C60H66N8O14/c1-57-20-19-41(70)23-39(57)13-16-43-44-24-48-60(47(72)28-69,58(44,2)26-46(71)52(43)57)82-55(81-48)38-11-5-34(6-12-38)21-42-25-59(32-80-42)30-68(31-59)56(78)79-29-36-7-14-40(15-8-36)64-54(77)45(17-18-51(75)76)65-50(74)27-61-49(73)22-35-3-9-37(10-4-35)53-66-62-33-63-67-53/h3-12,14-15,19-20,23,33,42-46,48,52,55,69,71H,13,16-18,21-22,24-32H2,1-2H3,(H,61,73)(H,64,77)(H,65,74)(H,75,76)/t42?,43-,44-,45-,46-,48+,52+,55+,57-,58-,60+/m0/s1. The van der Waals surface area contributed by atoms with Crippen LogP contribution in [0.5, 0.6) is 0 Å². The Morgan fingerprint density at radius 1 is 0.902 bits per heavy atom. The highest BCUT2D eigenvalue weighted by molar-refractivity contribution is 6.01. The third kappa shape index (κ3) is 10.8. The predicted molar refractivity (Wildman–Crippen MR) is 289 cm³/mol. The number of ether oxygens (including phenoxy) is 4. The topological polar surface area (TPSA) is 308 Å². The second-order valence-electron chi connectivity index (χ2n) is 23.6. The number of allylic oxidation sites excluding steroid dienone is 4. The van der Waals surface area contributed by atoms with Gasteiger partial charge in [0.15, 0.2) is 29.8 Å². The van der Waals surface area contributed by atoms with Crippen LogP contribution in [-0.4, -0.2) is 145 Å². The van der Waals surface area contributed by atoms with Crippen molar-refractivity contribution < 1.29 is 67.8 Å². The molecule has 3 aliphatic heterocycles. The van der Waals surface area contributed by atoms with Gasteiger partial charge in [-0.3, -0.25) is 28.8 Å². The number of rotatable bonds is 18. The van der Waals surface area contributed by atoms with Gasteiger partial charge in [-0.25, -0.2) is 4.79 Å². The van der Waals surface area contributed by atoms with E-state index in [-0.39, 0.29) is 54.5 Å². The number of hydrogen-bond donors (Lipinski definition) is 6. The minimum absolute atomic E-state index is 0.00714. The number of carboxylic acid groups (broad SMARTS) is 1. The number of aliphatic hydroxyl groups is 2. The van der Waals surface area contributed by atoms with Crippen LogP contribution in [0, 0.1) is 34.0 Å². The first-order chi connectivity index (χ1) is 39.4. The number of ketones is 2. The van der Waals surface area contributed by atoms with Crippen molar-refractivity contribution in [3.05, 3.63) is 125 Å². The van der Waals surface area contributed by atoms with E-state index in [1.54, 1.807) is 65.6 Å². The van der Waals surface area contributed by atoms with Crippen molar-refractivity contribution in [1.29, 1.82) is 0 Å². The summed E-state index contributed by atoms with van der Waals surface area (Å²) in [5, 5.41) is 54.6. The van der Waals surface area contributed by atoms with E-state index in [9.17, 15) is 48.9 Å². The second kappa shape index (κ2) is 22.6. The summed E-state index contributed by atoms with van der Waals surface area (Å²) in [6.07, 6.45) is 6.85. The first-order valence-corrected chi connectivity index (χ1v) is 27.9. The number of anilines is 1. The van der Waals surface area contributed by atoms with Crippen LogP contribution < -0.4 is 16.0 Å². The number of Topliss-reactive ketones (excluding diaryl/α,β-unsaturated/α-hetero) is 1. The van der Waals surface area contributed by atoms with Gasteiger partial charge in [0.1, 0.15) is 19.3 Å². The molecular weight excluding hydrogens is 1060 g/mol. The number of likely N-dealkylation sites (tertiary alicyclic amines) is 1. The third-order valence-corrected chi connectivity index (χ3v) is 18.4. The van der Waals surface area contributed by atoms with E-state index in [0.717, 1.165) is 36.0 Å². The summed E-state index contributed by atoms with van der Waals surface area (Å²) in [5.74, 6) is -3.18. The third-order valence-electron chi connectivity index (χ3n) is 18.4.